The Hall–Kier alpha value is -1.96. The van der Waals surface area contributed by atoms with Gasteiger partial charge in [0, 0.05) is 43.8 Å². The van der Waals surface area contributed by atoms with Gasteiger partial charge in [-0.3, -0.25) is 9.98 Å². The molecular weight excluding hydrogens is 398 g/mol. The predicted molar refractivity (Wildman–Crippen MR) is 125 cm³/mol. The van der Waals surface area contributed by atoms with Crippen molar-refractivity contribution in [2.24, 2.45) is 4.99 Å². The molecule has 168 valence electrons. The normalized spacial score (nSPS) is 19.4. The molecule has 2 N–H and O–H groups in total. The van der Waals surface area contributed by atoms with Gasteiger partial charge in [-0.25, -0.2) is 4.79 Å². The van der Waals surface area contributed by atoms with Gasteiger partial charge in [0.25, 0.3) is 0 Å². The lowest BCUT2D eigenvalue weighted by atomic mass is 10.2. The molecule has 0 radical (unpaired) electrons. The largest absolute Gasteiger partial charge is 0.444 e. The van der Waals surface area contributed by atoms with E-state index in [2.05, 4.69) is 26.9 Å². The van der Waals surface area contributed by atoms with Crippen LogP contribution in [0.25, 0.3) is 0 Å². The van der Waals surface area contributed by atoms with Crippen molar-refractivity contribution in [3.63, 3.8) is 0 Å². The van der Waals surface area contributed by atoms with Gasteiger partial charge in [0.2, 0.25) is 0 Å². The Bertz CT molecular complexity index is 678. The minimum atomic E-state index is -0.523. The molecule has 0 bridgehead atoms. The van der Waals surface area contributed by atoms with E-state index in [1.165, 1.54) is 19.3 Å². The number of carbonyl (C=O) groups is 1. The van der Waals surface area contributed by atoms with E-state index in [1.54, 1.807) is 24.3 Å². The molecule has 1 aromatic heterocycles. The summed E-state index contributed by atoms with van der Waals surface area (Å²) in [5.74, 6) is 0.831. The third-order valence-electron chi connectivity index (χ3n) is 4.93. The van der Waals surface area contributed by atoms with Gasteiger partial charge in [0.15, 0.2) is 5.96 Å². The van der Waals surface area contributed by atoms with E-state index in [0.29, 0.717) is 19.1 Å². The third kappa shape index (κ3) is 8.81. The first-order chi connectivity index (χ1) is 14.3. The molecule has 1 aliphatic rings. The fraction of sp³-hybridized carbons (Fsp3) is 0.682. The Morgan fingerprint density at radius 2 is 2.20 bits per heavy atom. The standard InChI is InChI=1S/C22H37N5O2S/c1-22(2,3)29-21(28)27(16-17-8-6-11-24-15-17)13-7-12-25-20(23-4)26-18-9-10-19(14-18)30-5/h6,8,11,15,18-19H,7,9-10,12-14,16H2,1-5H3,(H2,23,25,26). The van der Waals surface area contributed by atoms with E-state index < -0.39 is 5.60 Å². The van der Waals surface area contributed by atoms with Crippen molar-refractivity contribution >= 4 is 23.8 Å². The molecule has 0 aliphatic heterocycles. The van der Waals surface area contributed by atoms with E-state index in [-0.39, 0.29) is 6.09 Å². The van der Waals surface area contributed by atoms with Crippen LogP contribution in [0.4, 0.5) is 4.79 Å². The van der Waals surface area contributed by atoms with E-state index in [9.17, 15) is 4.79 Å². The number of hydrogen-bond donors (Lipinski definition) is 2. The van der Waals surface area contributed by atoms with E-state index in [4.69, 9.17) is 4.74 Å². The molecule has 2 rings (SSSR count). The van der Waals surface area contributed by atoms with Crippen molar-refractivity contribution in [3.8, 4) is 0 Å². The Morgan fingerprint density at radius 3 is 2.80 bits per heavy atom. The molecule has 2 unspecified atom stereocenters. The Kier molecular flexibility index (Phi) is 9.75. The number of amides is 1. The van der Waals surface area contributed by atoms with E-state index in [1.807, 2.05) is 44.7 Å². The zero-order chi connectivity index (χ0) is 22.0. The number of thioether (sulfide) groups is 1. The molecule has 1 amide bonds. The number of aromatic nitrogens is 1. The maximum Gasteiger partial charge on any atom is 0.410 e. The van der Waals surface area contributed by atoms with Crippen molar-refractivity contribution in [1.82, 2.24) is 20.5 Å². The highest BCUT2D eigenvalue weighted by Crippen LogP contribution is 2.28. The summed E-state index contributed by atoms with van der Waals surface area (Å²) in [6.07, 6.45) is 9.81. The van der Waals surface area contributed by atoms with Gasteiger partial charge < -0.3 is 20.3 Å². The number of hydrogen-bond acceptors (Lipinski definition) is 5. The zero-order valence-electron chi connectivity index (χ0n) is 19.0. The first-order valence-corrected chi connectivity index (χ1v) is 12.0. The van der Waals surface area contributed by atoms with Gasteiger partial charge in [-0.1, -0.05) is 6.07 Å². The quantitative estimate of drug-likeness (QED) is 0.369. The first kappa shape index (κ1) is 24.3. The van der Waals surface area contributed by atoms with Gasteiger partial charge in [0.1, 0.15) is 5.60 Å². The van der Waals surface area contributed by atoms with Crippen LogP contribution in [0.15, 0.2) is 29.5 Å². The summed E-state index contributed by atoms with van der Waals surface area (Å²) in [6, 6.07) is 4.33. The second kappa shape index (κ2) is 12.0. The lowest BCUT2D eigenvalue weighted by Gasteiger charge is -2.27. The van der Waals surface area contributed by atoms with Crippen molar-refractivity contribution < 1.29 is 9.53 Å². The number of ether oxygens (including phenoxy) is 1. The highest BCUT2D eigenvalue weighted by molar-refractivity contribution is 7.99. The minimum absolute atomic E-state index is 0.303. The summed E-state index contributed by atoms with van der Waals surface area (Å²) < 4.78 is 5.59. The fourth-order valence-electron chi connectivity index (χ4n) is 3.42. The van der Waals surface area contributed by atoms with Gasteiger partial charge in [0.05, 0.1) is 6.54 Å². The van der Waals surface area contributed by atoms with Gasteiger partial charge in [-0.15, -0.1) is 0 Å². The average Bonchev–Trinajstić information content (AvgIpc) is 3.16. The third-order valence-corrected chi connectivity index (χ3v) is 6.02. The molecule has 0 aromatic carbocycles. The summed E-state index contributed by atoms with van der Waals surface area (Å²) in [5, 5.41) is 7.65. The Balaban J connectivity index is 1.82. The van der Waals surface area contributed by atoms with Crippen LogP contribution in [0.5, 0.6) is 0 Å². The molecule has 1 saturated carbocycles. The molecule has 30 heavy (non-hydrogen) atoms. The number of guanidine groups is 1. The number of aliphatic imine (C=N–C) groups is 1. The Morgan fingerprint density at radius 1 is 1.40 bits per heavy atom. The molecule has 2 atom stereocenters. The molecule has 7 nitrogen and oxygen atoms in total. The first-order valence-electron chi connectivity index (χ1n) is 10.7. The number of pyridine rings is 1. The van der Waals surface area contributed by atoms with E-state index >= 15 is 0 Å². The Labute approximate surface area is 185 Å². The van der Waals surface area contributed by atoms with Crippen LogP contribution < -0.4 is 10.6 Å². The van der Waals surface area contributed by atoms with Crippen LogP contribution >= 0.6 is 11.8 Å². The highest BCUT2D eigenvalue weighted by atomic mass is 32.2. The second-order valence-electron chi connectivity index (χ2n) is 8.63. The zero-order valence-corrected chi connectivity index (χ0v) is 19.8. The van der Waals surface area contributed by atoms with Crippen molar-refractivity contribution in [1.29, 1.82) is 0 Å². The summed E-state index contributed by atoms with van der Waals surface area (Å²) in [6.45, 7) is 7.45. The summed E-state index contributed by atoms with van der Waals surface area (Å²) in [4.78, 5) is 22.9. The molecule has 1 fully saturated rings. The highest BCUT2D eigenvalue weighted by Gasteiger charge is 2.25. The molecule has 0 saturated heterocycles. The molecule has 1 heterocycles. The van der Waals surface area contributed by atoms with Crippen LogP contribution in [0.1, 0.15) is 52.0 Å². The molecular formula is C22H37N5O2S. The summed E-state index contributed by atoms with van der Waals surface area (Å²) >= 11 is 1.95. The maximum absolute atomic E-state index is 12.7. The SMILES string of the molecule is CN=C(NCCCN(Cc1cccnc1)C(=O)OC(C)(C)C)NC1CCC(SC)C1. The van der Waals surface area contributed by atoms with Crippen LogP contribution in [-0.2, 0) is 11.3 Å². The monoisotopic (exact) mass is 435 g/mol. The minimum Gasteiger partial charge on any atom is -0.444 e. The second-order valence-corrected chi connectivity index (χ2v) is 9.77. The number of rotatable bonds is 8. The number of carbonyl (C=O) groups excluding carboxylic acids is 1. The molecule has 1 aliphatic carbocycles. The van der Waals surface area contributed by atoms with Crippen LogP contribution in [0, 0.1) is 0 Å². The maximum atomic E-state index is 12.7. The molecule has 0 spiro atoms. The van der Waals surface area contributed by atoms with Crippen molar-refractivity contribution in [2.45, 2.75) is 69.9 Å². The number of nitrogens with one attached hydrogen (secondary N) is 2. The molecule has 1 aromatic rings. The summed E-state index contributed by atoms with van der Waals surface area (Å²) in [5.41, 5.74) is 0.461. The van der Waals surface area contributed by atoms with Crippen LogP contribution in [0.3, 0.4) is 0 Å². The lowest BCUT2D eigenvalue weighted by molar-refractivity contribution is 0.0232. The topological polar surface area (TPSA) is 78.9 Å². The van der Waals surface area contributed by atoms with Gasteiger partial charge in [-0.2, -0.15) is 11.8 Å². The predicted octanol–water partition coefficient (Wildman–Crippen LogP) is 3.66. The van der Waals surface area contributed by atoms with Gasteiger partial charge in [-0.05, 0) is 64.3 Å². The average molecular weight is 436 g/mol. The van der Waals surface area contributed by atoms with Crippen molar-refractivity contribution in [3.05, 3.63) is 30.1 Å². The van der Waals surface area contributed by atoms with Gasteiger partial charge >= 0.3 is 6.09 Å². The fourth-order valence-corrected chi connectivity index (χ4v) is 4.22. The van der Waals surface area contributed by atoms with E-state index in [0.717, 1.165) is 29.7 Å². The molecule has 8 heteroatoms. The lowest BCUT2D eigenvalue weighted by Crippen LogP contribution is -2.43. The van der Waals surface area contributed by atoms with Crippen LogP contribution in [-0.4, -0.2) is 65.2 Å². The summed E-state index contributed by atoms with van der Waals surface area (Å²) in [7, 11) is 1.80. The van der Waals surface area contributed by atoms with Crippen molar-refractivity contribution in [2.75, 3.05) is 26.4 Å². The smallest absolute Gasteiger partial charge is 0.410 e. The van der Waals surface area contributed by atoms with Crippen LogP contribution in [0.2, 0.25) is 0 Å². The number of nitrogens with zero attached hydrogens (tertiary/aromatic N) is 3.